The number of anilines is 1. The maximum atomic E-state index is 13.1. The molecule has 3 aromatic rings. The predicted molar refractivity (Wildman–Crippen MR) is 112 cm³/mol. The molecule has 8 nitrogen and oxygen atoms in total. The normalized spacial score (nSPS) is 13.4. The number of imidazole rings is 1. The van der Waals surface area contributed by atoms with Crippen LogP contribution in [0.1, 0.15) is 28.5 Å². The number of nitrogens with zero attached hydrogens (tertiary/aromatic N) is 5. The molecule has 174 valence electrons. The van der Waals surface area contributed by atoms with E-state index in [0.717, 1.165) is 4.57 Å². The van der Waals surface area contributed by atoms with Crippen LogP contribution in [-0.4, -0.2) is 40.3 Å². The van der Waals surface area contributed by atoms with E-state index in [1.54, 1.807) is 32.3 Å². The molecule has 0 unspecified atom stereocenters. The van der Waals surface area contributed by atoms with E-state index < -0.39 is 12.7 Å². The summed E-state index contributed by atoms with van der Waals surface area (Å²) in [5.41, 5.74) is 3.01. The number of amides is 1. The van der Waals surface area contributed by atoms with Crippen LogP contribution in [0, 0.1) is 6.92 Å². The molecule has 0 spiro atoms. The summed E-state index contributed by atoms with van der Waals surface area (Å²) < 4.78 is 51.7. The zero-order valence-corrected chi connectivity index (χ0v) is 18.6. The topological polar surface area (TPSA) is 73.4 Å². The number of methoxy groups -OCH3 is 1. The molecule has 0 N–H and O–H groups in total. The van der Waals surface area contributed by atoms with Gasteiger partial charge in [-0.1, -0.05) is 0 Å². The summed E-state index contributed by atoms with van der Waals surface area (Å²) in [5, 5.41) is 0. The number of alkyl halides is 3. The predicted octanol–water partition coefficient (Wildman–Crippen LogP) is 3.21. The summed E-state index contributed by atoms with van der Waals surface area (Å²) in [4.78, 5) is 23.5. The van der Waals surface area contributed by atoms with Gasteiger partial charge in [0.1, 0.15) is 0 Å². The Morgan fingerprint density at radius 3 is 2.70 bits per heavy atom. The highest BCUT2D eigenvalue weighted by Gasteiger charge is 2.37. The van der Waals surface area contributed by atoms with Crippen LogP contribution in [0.5, 0.6) is 11.6 Å². The van der Waals surface area contributed by atoms with E-state index in [9.17, 15) is 18.0 Å². The summed E-state index contributed by atoms with van der Waals surface area (Å²) in [6, 6.07) is 3.55. The highest BCUT2D eigenvalue weighted by Crippen LogP contribution is 2.34. The first-order valence-electron chi connectivity index (χ1n) is 10.2. The first kappa shape index (κ1) is 22.6. The van der Waals surface area contributed by atoms with Gasteiger partial charge in [-0.05, 0) is 31.5 Å². The minimum absolute atomic E-state index is 0.147. The van der Waals surface area contributed by atoms with Crippen molar-refractivity contribution >= 4 is 11.7 Å². The van der Waals surface area contributed by atoms with Gasteiger partial charge in [0.25, 0.3) is 11.8 Å². The number of carbonyl (C=O) groups is 1. The number of aromatic nitrogens is 4. The third-order valence-corrected chi connectivity index (χ3v) is 5.28. The number of pyridine rings is 2. The summed E-state index contributed by atoms with van der Waals surface area (Å²) in [6.45, 7) is 3.11. The van der Waals surface area contributed by atoms with Crippen LogP contribution in [0.25, 0.3) is 11.3 Å². The number of halogens is 3. The Bertz CT molecular complexity index is 1220. The second kappa shape index (κ2) is 8.38. The lowest BCUT2D eigenvalue weighted by Crippen LogP contribution is -2.39. The van der Waals surface area contributed by atoms with Crippen molar-refractivity contribution in [3.05, 3.63) is 47.7 Å². The molecule has 4 rings (SSSR count). The second-order valence-electron chi connectivity index (χ2n) is 7.70. The summed E-state index contributed by atoms with van der Waals surface area (Å²) in [5.74, 6) is 0.890. The van der Waals surface area contributed by atoms with Crippen molar-refractivity contribution in [2.75, 3.05) is 18.6 Å². The van der Waals surface area contributed by atoms with E-state index in [4.69, 9.17) is 9.47 Å². The molecule has 11 heteroatoms. The van der Waals surface area contributed by atoms with Crippen molar-refractivity contribution in [3.8, 4) is 22.9 Å². The summed E-state index contributed by atoms with van der Waals surface area (Å²) in [6.07, 6.45) is -0.119. The van der Waals surface area contributed by atoms with Crippen molar-refractivity contribution < 1.29 is 32.0 Å². The average molecular weight is 462 g/mol. The average Bonchev–Trinajstić information content (AvgIpc) is 3.26. The second-order valence-corrected chi connectivity index (χ2v) is 7.70. The summed E-state index contributed by atoms with van der Waals surface area (Å²) >= 11 is 0. The maximum absolute atomic E-state index is 13.1. The van der Waals surface area contributed by atoms with Gasteiger partial charge in [0, 0.05) is 11.8 Å². The molecule has 0 radical (unpaired) electrons. The number of carbonyl (C=O) groups excluding carboxylic acids is 1. The van der Waals surface area contributed by atoms with Crippen molar-refractivity contribution in [1.82, 2.24) is 14.5 Å². The van der Waals surface area contributed by atoms with Crippen LogP contribution in [-0.2, 0) is 20.1 Å². The molecule has 33 heavy (non-hydrogen) atoms. The van der Waals surface area contributed by atoms with Crippen molar-refractivity contribution in [1.29, 1.82) is 0 Å². The molecule has 0 aliphatic carbocycles. The van der Waals surface area contributed by atoms with Crippen LogP contribution >= 0.6 is 0 Å². The fraction of sp³-hybridized carbons (Fsp3) is 0.364. The molecule has 3 aromatic heterocycles. The van der Waals surface area contributed by atoms with Gasteiger partial charge < -0.3 is 9.47 Å². The van der Waals surface area contributed by atoms with Crippen LogP contribution in [0.15, 0.2) is 30.9 Å². The van der Waals surface area contributed by atoms with Gasteiger partial charge in [0.15, 0.2) is 18.5 Å². The molecule has 0 saturated heterocycles. The van der Waals surface area contributed by atoms with Crippen molar-refractivity contribution in [3.63, 3.8) is 0 Å². The van der Waals surface area contributed by atoms with E-state index in [1.807, 2.05) is 6.92 Å². The van der Waals surface area contributed by atoms with E-state index >= 15 is 0 Å². The minimum Gasteiger partial charge on any atom is -0.491 e. The van der Waals surface area contributed by atoms with E-state index in [1.165, 1.54) is 29.1 Å². The molecule has 0 atom stereocenters. The van der Waals surface area contributed by atoms with Gasteiger partial charge >= 0.3 is 6.18 Å². The Hall–Kier alpha value is -3.63. The fourth-order valence-corrected chi connectivity index (χ4v) is 3.91. The van der Waals surface area contributed by atoms with Gasteiger partial charge in [0.05, 0.1) is 44.3 Å². The number of fused-ring (bicyclic) bond motifs is 1. The highest BCUT2D eigenvalue weighted by molar-refractivity contribution is 6.10. The van der Waals surface area contributed by atoms with Crippen molar-refractivity contribution in [2.45, 2.75) is 33.1 Å². The van der Waals surface area contributed by atoms with Gasteiger partial charge in [0.2, 0.25) is 12.1 Å². The Morgan fingerprint density at radius 2 is 2.03 bits per heavy atom. The molecule has 0 fully saturated rings. The lowest BCUT2D eigenvalue weighted by Gasteiger charge is -2.11. The highest BCUT2D eigenvalue weighted by atomic mass is 19.4. The number of aryl methyl sites for hydroxylation is 2. The number of hydrogen-bond donors (Lipinski definition) is 0. The number of rotatable bonds is 6. The minimum atomic E-state index is -4.36. The first-order valence-corrected chi connectivity index (χ1v) is 10.2. The smallest absolute Gasteiger partial charge is 0.426 e. The van der Waals surface area contributed by atoms with E-state index in [0.29, 0.717) is 52.1 Å². The van der Waals surface area contributed by atoms with E-state index in [-0.39, 0.29) is 12.5 Å². The quantitative estimate of drug-likeness (QED) is 0.526. The molecule has 0 bridgehead atoms. The monoisotopic (exact) mass is 462 g/mol. The Morgan fingerprint density at radius 1 is 1.27 bits per heavy atom. The fourth-order valence-electron chi connectivity index (χ4n) is 3.91. The molecule has 0 saturated carbocycles. The van der Waals surface area contributed by atoms with Gasteiger partial charge in [-0.2, -0.15) is 13.2 Å². The third kappa shape index (κ3) is 4.35. The van der Waals surface area contributed by atoms with Crippen LogP contribution < -0.4 is 18.9 Å². The molecule has 1 amide bonds. The van der Waals surface area contributed by atoms with Crippen LogP contribution in [0.2, 0.25) is 0 Å². The van der Waals surface area contributed by atoms with Gasteiger partial charge in [-0.3, -0.25) is 14.7 Å². The zero-order chi connectivity index (χ0) is 23.9. The largest absolute Gasteiger partial charge is 0.491 e. The molecule has 1 aliphatic rings. The Kier molecular flexibility index (Phi) is 5.73. The standard InChI is InChI=1S/C22H23F3N5O3/c1-5-33-20-17(32-4)7-14(8-26-20)15-6-13(2)19-16(27-15)9-30(21(19)31)18-10-29(12-28(18)3)11-22(23,24)25/h6-8,10,12H,5,9,11H2,1-4H3/q+1. The third-order valence-electron chi connectivity index (χ3n) is 5.28. The number of ether oxygens (including phenoxy) is 2. The Balaban J connectivity index is 1.67. The van der Waals surface area contributed by atoms with Crippen LogP contribution in [0.4, 0.5) is 19.0 Å². The van der Waals surface area contributed by atoms with Crippen molar-refractivity contribution in [2.24, 2.45) is 7.05 Å². The maximum Gasteiger partial charge on any atom is 0.426 e. The van der Waals surface area contributed by atoms with E-state index in [2.05, 4.69) is 9.97 Å². The van der Waals surface area contributed by atoms with Crippen LogP contribution in [0.3, 0.4) is 0 Å². The summed E-state index contributed by atoms with van der Waals surface area (Å²) in [7, 11) is 3.12. The molecular formula is C22H23F3N5O3+. The molecule has 1 aliphatic heterocycles. The zero-order valence-electron chi connectivity index (χ0n) is 18.6. The van der Waals surface area contributed by atoms with Gasteiger partial charge in [-0.15, -0.1) is 0 Å². The lowest BCUT2D eigenvalue weighted by molar-refractivity contribution is -0.718. The first-order chi connectivity index (χ1) is 15.6. The SMILES string of the molecule is CCOc1ncc(-c2cc(C)c3c(n2)CN(c2c[n+](CC(F)(F)F)cn2C)C3=O)cc1OC. The van der Waals surface area contributed by atoms with Gasteiger partial charge in [-0.25, -0.2) is 14.1 Å². The molecular weight excluding hydrogens is 439 g/mol. The molecule has 4 heterocycles. The Labute approximate surface area is 188 Å². The lowest BCUT2D eigenvalue weighted by atomic mass is 10.1. The molecule has 0 aromatic carbocycles. The number of hydrogen-bond acceptors (Lipinski definition) is 5.